The van der Waals surface area contributed by atoms with Crippen LogP contribution < -0.4 is 4.74 Å². The van der Waals surface area contributed by atoms with Gasteiger partial charge in [0.05, 0.1) is 16.2 Å². The highest BCUT2D eigenvalue weighted by molar-refractivity contribution is 8.26. The van der Waals surface area contributed by atoms with Gasteiger partial charge in [-0.05, 0) is 37.6 Å². The molecule has 0 N–H and O–H groups in total. The van der Waals surface area contributed by atoms with Crippen LogP contribution in [0.25, 0.3) is 6.08 Å². The molecule has 3 rings (SSSR count). The third kappa shape index (κ3) is 3.89. The summed E-state index contributed by atoms with van der Waals surface area (Å²) in [5.74, 6) is 1.42. The Morgan fingerprint density at radius 3 is 2.69 bits per heavy atom. The van der Waals surface area contributed by atoms with E-state index in [2.05, 4.69) is 11.7 Å². The topological polar surface area (TPSA) is 55.6 Å². The van der Waals surface area contributed by atoms with E-state index in [0.29, 0.717) is 22.4 Å². The third-order valence-electron chi connectivity index (χ3n) is 3.93. The molecular weight excluding hydrogens is 368 g/mol. The summed E-state index contributed by atoms with van der Waals surface area (Å²) in [6, 6.07) is 7.55. The van der Waals surface area contributed by atoms with Crippen LogP contribution in [-0.4, -0.2) is 26.8 Å². The van der Waals surface area contributed by atoms with Crippen molar-refractivity contribution in [2.24, 2.45) is 0 Å². The Balaban J connectivity index is 1.67. The van der Waals surface area contributed by atoms with Crippen LogP contribution in [0.15, 0.2) is 46.3 Å². The molecule has 1 aromatic carbocycles. The molecule has 7 heteroatoms. The number of carbonyl (C=O) groups excluding carboxylic acids is 1. The number of ether oxygens (including phenoxy) is 1. The standard InChI is InChI=1S/C19H18N2O3S2/c1-4-9-21-18(22)17(26-19(21)25)10-14-5-7-15(8-6-14)23-11-16-12(2)20-24-13(16)3/h4-8,10H,1,9,11H2,2-3H3/b17-10-. The first-order valence-corrected chi connectivity index (χ1v) is 9.23. The average molecular weight is 386 g/mol. The van der Waals surface area contributed by atoms with Crippen LogP contribution in [0.2, 0.25) is 0 Å². The highest BCUT2D eigenvalue weighted by Gasteiger charge is 2.30. The fourth-order valence-corrected chi connectivity index (χ4v) is 3.74. The van der Waals surface area contributed by atoms with Crippen molar-refractivity contribution in [1.82, 2.24) is 10.1 Å². The van der Waals surface area contributed by atoms with Gasteiger partial charge in [0, 0.05) is 6.54 Å². The number of carbonyl (C=O) groups is 1. The van der Waals surface area contributed by atoms with Crippen LogP contribution in [0.5, 0.6) is 5.75 Å². The minimum Gasteiger partial charge on any atom is -0.489 e. The zero-order valence-corrected chi connectivity index (χ0v) is 16.2. The fraction of sp³-hybridized carbons (Fsp3) is 0.211. The number of aryl methyl sites for hydroxylation is 2. The Labute approximate surface area is 161 Å². The first-order valence-electron chi connectivity index (χ1n) is 8.00. The van der Waals surface area contributed by atoms with Gasteiger partial charge in [-0.15, -0.1) is 6.58 Å². The Bertz CT molecular complexity index is 865. The maximum Gasteiger partial charge on any atom is 0.266 e. The second kappa shape index (κ2) is 7.88. The summed E-state index contributed by atoms with van der Waals surface area (Å²) in [6.07, 6.45) is 3.50. The lowest BCUT2D eigenvalue weighted by molar-refractivity contribution is -0.121. The molecule has 2 heterocycles. The average Bonchev–Trinajstić information content (AvgIpc) is 3.08. The summed E-state index contributed by atoms with van der Waals surface area (Å²) in [6.45, 7) is 8.24. The van der Waals surface area contributed by atoms with Crippen molar-refractivity contribution in [1.29, 1.82) is 0 Å². The lowest BCUT2D eigenvalue weighted by Crippen LogP contribution is -2.27. The van der Waals surface area contributed by atoms with Crippen LogP contribution in [0.1, 0.15) is 22.6 Å². The van der Waals surface area contributed by atoms with Gasteiger partial charge in [0.15, 0.2) is 0 Å². The molecule has 0 saturated carbocycles. The molecule has 0 radical (unpaired) electrons. The van der Waals surface area contributed by atoms with Gasteiger partial charge >= 0.3 is 0 Å². The molecule has 1 aliphatic heterocycles. The Hall–Kier alpha value is -2.38. The summed E-state index contributed by atoms with van der Waals surface area (Å²) in [5, 5.41) is 3.91. The largest absolute Gasteiger partial charge is 0.489 e. The molecule has 134 valence electrons. The van der Waals surface area contributed by atoms with Crippen molar-refractivity contribution in [2.75, 3.05) is 6.54 Å². The predicted octanol–water partition coefficient (Wildman–Crippen LogP) is 4.26. The molecule has 0 bridgehead atoms. The van der Waals surface area contributed by atoms with Crippen LogP contribution in [-0.2, 0) is 11.4 Å². The first-order chi connectivity index (χ1) is 12.5. The molecule has 1 aliphatic rings. The van der Waals surface area contributed by atoms with Crippen LogP contribution in [0.3, 0.4) is 0 Å². The van der Waals surface area contributed by atoms with Crippen LogP contribution in [0, 0.1) is 13.8 Å². The lowest BCUT2D eigenvalue weighted by Gasteiger charge is -2.10. The van der Waals surface area contributed by atoms with Crippen molar-refractivity contribution in [3.63, 3.8) is 0 Å². The van der Waals surface area contributed by atoms with Gasteiger partial charge in [-0.3, -0.25) is 9.69 Å². The van der Waals surface area contributed by atoms with E-state index in [1.165, 1.54) is 11.8 Å². The molecular formula is C19H18N2O3S2. The minimum atomic E-state index is -0.0846. The Kier molecular flexibility index (Phi) is 5.58. The van der Waals surface area contributed by atoms with Gasteiger partial charge in [0.1, 0.15) is 22.4 Å². The number of hydrogen-bond donors (Lipinski definition) is 0. The normalized spacial score (nSPS) is 15.8. The highest BCUT2D eigenvalue weighted by Crippen LogP contribution is 2.32. The molecule has 5 nitrogen and oxygen atoms in total. The zero-order valence-electron chi connectivity index (χ0n) is 14.5. The van der Waals surface area contributed by atoms with E-state index in [-0.39, 0.29) is 5.91 Å². The van der Waals surface area contributed by atoms with Crippen LogP contribution in [0.4, 0.5) is 0 Å². The van der Waals surface area contributed by atoms with Crippen LogP contribution >= 0.6 is 24.0 Å². The van der Waals surface area contributed by atoms with Crippen molar-refractivity contribution in [3.05, 3.63) is 64.4 Å². The quantitative estimate of drug-likeness (QED) is 0.420. The zero-order chi connectivity index (χ0) is 18.7. The minimum absolute atomic E-state index is 0.0846. The summed E-state index contributed by atoms with van der Waals surface area (Å²) in [4.78, 5) is 14.5. The third-order valence-corrected chi connectivity index (χ3v) is 5.31. The Morgan fingerprint density at radius 1 is 1.35 bits per heavy atom. The van der Waals surface area contributed by atoms with Gasteiger partial charge < -0.3 is 9.26 Å². The Morgan fingerprint density at radius 2 is 2.08 bits per heavy atom. The molecule has 26 heavy (non-hydrogen) atoms. The van der Waals surface area contributed by atoms with Gasteiger partial charge in [0.2, 0.25) is 0 Å². The number of thioether (sulfide) groups is 1. The SMILES string of the molecule is C=CCN1C(=O)/C(=C/c2ccc(OCc3c(C)noc3C)cc2)SC1=S. The second-order valence-electron chi connectivity index (χ2n) is 5.74. The molecule has 1 saturated heterocycles. The summed E-state index contributed by atoms with van der Waals surface area (Å²) < 4.78 is 11.5. The maximum atomic E-state index is 12.3. The molecule has 0 atom stereocenters. The lowest BCUT2D eigenvalue weighted by atomic mass is 10.2. The van der Waals surface area contributed by atoms with Crippen molar-refractivity contribution >= 4 is 40.3 Å². The highest BCUT2D eigenvalue weighted by atomic mass is 32.2. The monoisotopic (exact) mass is 386 g/mol. The van der Waals surface area contributed by atoms with Crippen molar-refractivity contribution in [2.45, 2.75) is 20.5 Å². The molecule has 0 spiro atoms. The van der Waals surface area contributed by atoms with Crippen molar-refractivity contribution < 1.29 is 14.1 Å². The number of amides is 1. The smallest absolute Gasteiger partial charge is 0.266 e. The van der Waals surface area contributed by atoms with E-state index >= 15 is 0 Å². The molecule has 1 aromatic heterocycles. The summed E-state index contributed by atoms with van der Waals surface area (Å²) in [7, 11) is 0. The van der Waals surface area contributed by atoms with E-state index in [1.807, 2.05) is 44.2 Å². The van der Waals surface area contributed by atoms with Crippen molar-refractivity contribution in [3.8, 4) is 5.75 Å². The molecule has 0 unspecified atom stereocenters. The van der Waals surface area contributed by atoms with Gasteiger partial charge in [-0.2, -0.15) is 0 Å². The number of hydrogen-bond acceptors (Lipinski definition) is 6. The summed E-state index contributed by atoms with van der Waals surface area (Å²) in [5.41, 5.74) is 2.70. The summed E-state index contributed by atoms with van der Waals surface area (Å²) >= 11 is 6.54. The van der Waals surface area contributed by atoms with Gasteiger partial charge in [-0.1, -0.05) is 47.3 Å². The van der Waals surface area contributed by atoms with Gasteiger partial charge in [0.25, 0.3) is 5.91 Å². The number of nitrogens with zero attached hydrogens (tertiary/aromatic N) is 2. The fourth-order valence-electron chi connectivity index (χ4n) is 2.46. The number of benzene rings is 1. The molecule has 1 fully saturated rings. The molecule has 1 amide bonds. The van der Waals surface area contributed by atoms with E-state index in [1.54, 1.807) is 11.0 Å². The van der Waals surface area contributed by atoms with E-state index in [0.717, 1.165) is 28.3 Å². The van der Waals surface area contributed by atoms with Gasteiger partial charge in [-0.25, -0.2) is 0 Å². The number of thiocarbonyl (C=S) groups is 1. The molecule has 0 aliphatic carbocycles. The number of rotatable bonds is 6. The van der Waals surface area contributed by atoms with E-state index in [4.69, 9.17) is 21.5 Å². The van der Waals surface area contributed by atoms with E-state index in [9.17, 15) is 4.79 Å². The first kappa shape index (κ1) is 18.4. The maximum absolute atomic E-state index is 12.3. The molecule has 2 aromatic rings. The van der Waals surface area contributed by atoms with E-state index < -0.39 is 0 Å². The second-order valence-corrected chi connectivity index (χ2v) is 7.42. The number of aromatic nitrogens is 1. The predicted molar refractivity (Wildman–Crippen MR) is 107 cm³/mol.